The fourth-order valence-electron chi connectivity index (χ4n) is 2.10. The molecule has 1 saturated carbocycles. The second-order valence-electron chi connectivity index (χ2n) is 5.00. The summed E-state index contributed by atoms with van der Waals surface area (Å²) in [6.07, 6.45) is 3.07. The van der Waals surface area contributed by atoms with E-state index in [2.05, 4.69) is 5.32 Å². The number of nitrogens with two attached hydrogens (primary N) is 1. The summed E-state index contributed by atoms with van der Waals surface area (Å²) in [4.78, 5) is 12.1. The molecule has 0 atom stereocenters. The van der Waals surface area contributed by atoms with Gasteiger partial charge in [0.15, 0.2) is 0 Å². The van der Waals surface area contributed by atoms with E-state index in [0.29, 0.717) is 23.6 Å². The molecule has 1 aromatic carbocycles. The second kappa shape index (κ2) is 5.48. The van der Waals surface area contributed by atoms with Crippen LogP contribution in [-0.2, 0) is 0 Å². The maximum atomic E-state index is 12.1. The van der Waals surface area contributed by atoms with E-state index in [9.17, 15) is 4.79 Å². The molecule has 0 saturated heterocycles. The zero-order valence-corrected chi connectivity index (χ0v) is 11.4. The summed E-state index contributed by atoms with van der Waals surface area (Å²) < 4.78 is 10.3. The van der Waals surface area contributed by atoms with E-state index >= 15 is 0 Å². The summed E-state index contributed by atoms with van der Waals surface area (Å²) in [7, 11) is 3.11. The SMILES string of the molecule is COc1cc(OC)cc(C(=O)NCC2(N)CCC2)c1. The number of amides is 1. The molecular weight excluding hydrogens is 244 g/mol. The molecule has 2 rings (SSSR count). The van der Waals surface area contributed by atoms with Gasteiger partial charge < -0.3 is 20.5 Å². The maximum Gasteiger partial charge on any atom is 0.251 e. The minimum absolute atomic E-state index is 0.158. The summed E-state index contributed by atoms with van der Waals surface area (Å²) in [5.74, 6) is 1.03. The third kappa shape index (κ3) is 3.17. The third-order valence-electron chi connectivity index (χ3n) is 3.56. The van der Waals surface area contributed by atoms with Crippen LogP contribution in [0.3, 0.4) is 0 Å². The number of carbonyl (C=O) groups is 1. The standard InChI is InChI=1S/C14H20N2O3/c1-18-11-6-10(7-12(8-11)19-2)13(17)16-9-14(15)4-3-5-14/h6-8H,3-5,9,15H2,1-2H3,(H,16,17). The normalized spacial score (nSPS) is 16.4. The van der Waals surface area contributed by atoms with E-state index in [1.807, 2.05) is 0 Å². The predicted molar refractivity (Wildman–Crippen MR) is 72.6 cm³/mol. The molecule has 1 aliphatic rings. The average Bonchev–Trinajstić information content (AvgIpc) is 2.41. The molecule has 104 valence electrons. The number of rotatable bonds is 5. The quantitative estimate of drug-likeness (QED) is 0.841. The molecular formula is C14H20N2O3. The van der Waals surface area contributed by atoms with Crippen LogP contribution in [-0.4, -0.2) is 32.2 Å². The lowest BCUT2D eigenvalue weighted by molar-refractivity contribution is 0.0929. The van der Waals surface area contributed by atoms with Gasteiger partial charge in [0.1, 0.15) is 11.5 Å². The Bertz CT molecular complexity index is 448. The van der Waals surface area contributed by atoms with Crippen LogP contribution < -0.4 is 20.5 Å². The average molecular weight is 264 g/mol. The number of nitrogens with one attached hydrogen (secondary N) is 1. The van der Waals surface area contributed by atoms with Gasteiger partial charge >= 0.3 is 0 Å². The van der Waals surface area contributed by atoms with Gasteiger partial charge in [0.05, 0.1) is 14.2 Å². The maximum absolute atomic E-state index is 12.1. The summed E-state index contributed by atoms with van der Waals surface area (Å²) in [6, 6.07) is 5.09. The minimum atomic E-state index is -0.224. The van der Waals surface area contributed by atoms with Gasteiger partial charge in [0, 0.05) is 23.7 Å². The first-order chi connectivity index (χ1) is 9.06. The smallest absolute Gasteiger partial charge is 0.251 e. The zero-order valence-electron chi connectivity index (χ0n) is 11.4. The molecule has 1 fully saturated rings. The molecule has 1 aromatic rings. The van der Waals surface area contributed by atoms with Crippen LogP contribution in [0.15, 0.2) is 18.2 Å². The molecule has 0 aromatic heterocycles. The Morgan fingerprint density at radius 3 is 2.26 bits per heavy atom. The van der Waals surface area contributed by atoms with Gasteiger partial charge in [0.25, 0.3) is 5.91 Å². The van der Waals surface area contributed by atoms with E-state index in [4.69, 9.17) is 15.2 Å². The number of hydrogen-bond acceptors (Lipinski definition) is 4. The number of methoxy groups -OCH3 is 2. The zero-order chi connectivity index (χ0) is 13.9. The molecule has 0 aliphatic heterocycles. The van der Waals surface area contributed by atoms with Crippen LogP contribution in [0.4, 0.5) is 0 Å². The fraction of sp³-hybridized carbons (Fsp3) is 0.500. The van der Waals surface area contributed by atoms with E-state index in [1.54, 1.807) is 32.4 Å². The summed E-state index contributed by atoms with van der Waals surface area (Å²) >= 11 is 0. The van der Waals surface area contributed by atoms with E-state index in [-0.39, 0.29) is 11.4 Å². The molecule has 1 aliphatic carbocycles. The summed E-state index contributed by atoms with van der Waals surface area (Å²) in [6.45, 7) is 0.505. The largest absolute Gasteiger partial charge is 0.497 e. The lowest BCUT2D eigenvalue weighted by Gasteiger charge is -2.38. The van der Waals surface area contributed by atoms with Crippen molar-refractivity contribution in [2.24, 2.45) is 5.73 Å². The Kier molecular flexibility index (Phi) is 3.95. The number of carbonyl (C=O) groups excluding carboxylic acids is 1. The van der Waals surface area contributed by atoms with Gasteiger partial charge in [-0.05, 0) is 31.4 Å². The van der Waals surface area contributed by atoms with Crippen molar-refractivity contribution in [2.75, 3.05) is 20.8 Å². The van der Waals surface area contributed by atoms with Gasteiger partial charge in [-0.2, -0.15) is 0 Å². The van der Waals surface area contributed by atoms with Gasteiger partial charge in [-0.25, -0.2) is 0 Å². The lowest BCUT2D eigenvalue weighted by atomic mass is 9.78. The molecule has 0 heterocycles. The molecule has 0 unspecified atom stereocenters. The molecule has 3 N–H and O–H groups in total. The van der Waals surface area contributed by atoms with Crippen molar-refractivity contribution in [3.63, 3.8) is 0 Å². The molecule has 5 nitrogen and oxygen atoms in total. The molecule has 0 radical (unpaired) electrons. The van der Waals surface area contributed by atoms with Crippen molar-refractivity contribution in [2.45, 2.75) is 24.8 Å². The Balaban J connectivity index is 2.05. The van der Waals surface area contributed by atoms with Gasteiger partial charge in [-0.1, -0.05) is 0 Å². The highest BCUT2D eigenvalue weighted by Gasteiger charge is 2.32. The number of hydrogen-bond donors (Lipinski definition) is 2. The molecule has 1 amide bonds. The van der Waals surface area contributed by atoms with E-state index < -0.39 is 0 Å². The van der Waals surface area contributed by atoms with Crippen LogP contribution in [0.25, 0.3) is 0 Å². The van der Waals surface area contributed by atoms with Gasteiger partial charge in [0.2, 0.25) is 0 Å². The van der Waals surface area contributed by atoms with Crippen LogP contribution in [0, 0.1) is 0 Å². The highest BCUT2D eigenvalue weighted by Crippen LogP contribution is 2.28. The second-order valence-corrected chi connectivity index (χ2v) is 5.00. The minimum Gasteiger partial charge on any atom is -0.497 e. The number of benzene rings is 1. The predicted octanol–water partition coefficient (Wildman–Crippen LogP) is 1.31. The van der Waals surface area contributed by atoms with Crippen LogP contribution in [0.2, 0.25) is 0 Å². The van der Waals surface area contributed by atoms with Crippen LogP contribution in [0.1, 0.15) is 29.6 Å². The van der Waals surface area contributed by atoms with Crippen LogP contribution >= 0.6 is 0 Å². The first-order valence-electron chi connectivity index (χ1n) is 6.36. The van der Waals surface area contributed by atoms with Crippen molar-refractivity contribution in [3.05, 3.63) is 23.8 Å². The first-order valence-corrected chi connectivity index (χ1v) is 6.36. The molecule has 5 heteroatoms. The molecule has 19 heavy (non-hydrogen) atoms. The Labute approximate surface area is 113 Å². The van der Waals surface area contributed by atoms with Crippen molar-refractivity contribution in [3.8, 4) is 11.5 Å². The lowest BCUT2D eigenvalue weighted by Crippen LogP contribution is -2.54. The van der Waals surface area contributed by atoms with Gasteiger partial charge in [-0.3, -0.25) is 4.79 Å². The van der Waals surface area contributed by atoms with E-state index in [1.165, 1.54) is 0 Å². The highest BCUT2D eigenvalue weighted by molar-refractivity contribution is 5.95. The molecule has 0 bridgehead atoms. The summed E-state index contributed by atoms with van der Waals surface area (Å²) in [5, 5.41) is 2.87. The van der Waals surface area contributed by atoms with Crippen molar-refractivity contribution >= 4 is 5.91 Å². The van der Waals surface area contributed by atoms with Crippen molar-refractivity contribution < 1.29 is 14.3 Å². The third-order valence-corrected chi connectivity index (χ3v) is 3.56. The Hall–Kier alpha value is -1.75. The van der Waals surface area contributed by atoms with Crippen LogP contribution in [0.5, 0.6) is 11.5 Å². The highest BCUT2D eigenvalue weighted by atomic mass is 16.5. The topological polar surface area (TPSA) is 73.6 Å². The van der Waals surface area contributed by atoms with E-state index in [0.717, 1.165) is 19.3 Å². The Morgan fingerprint density at radius 1 is 1.26 bits per heavy atom. The van der Waals surface area contributed by atoms with Crippen molar-refractivity contribution in [1.82, 2.24) is 5.32 Å². The fourth-order valence-corrected chi connectivity index (χ4v) is 2.10. The molecule has 0 spiro atoms. The first kappa shape index (κ1) is 13.7. The number of ether oxygens (including phenoxy) is 2. The van der Waals surface area contributed by atoms with Crippen molar-refractivity contribution in [1.29, 1.82) is 0 Å². The monoisotopic (exact) mass is 264 g/mol. The summed E-state index contributed by atoms with van der Waals surface area (Å²) in [5.41, 5.74) is 6.37. The van der Waals surface area contributed by atoms with Gasteiger partial charge in [-0.15, -0.1) is 0 Å². The Morgan fingerprint density at radius 2 is 1.84 bits per heavy atom.